The van der Waals surface area contributed by atoms with E-state index in [1.54, 1.807) is 13.0 Å². The van der Waals surface area contributed by atoms with Crippen LogP contribution >= 0.6 is 15.6 Å². The molecule has 1 saturated heterocycles. The predicted octanol–water partition coefficient (Wildman–Crippen LogP) is 15.0. The number of phosphoric ester groups is 2. The lowest BCUT2D eigenvalue weighted by Gasteiger charge is -2.41. The second-order valence-electron chi connectivity index (χ2n) is 21.1. The summed E-state index contributed by atoms with van der Waals surface area (Å²) in [5.41, 5.74) is 14.9. The first-order valence-electron chi connectivity index (χ1n) is 27.5. The van der Waals surface area contributed by atoms with E-state index in [2.05, 4.69) is 139 Å². The Hall–Kier alpha value is -2.80. The average molecular weight is 1090 g/mol. The molecule has 1 aliphatic heterocycles. The first-order valence-corrected chi connectivity index (χ1v) is 30.4. The summed E-state index contributed by atoms with van der Waals surface area (Å²) in [7, 11) is -11.1. The Labute approximate surface area is 454 Å². The Balaban J connectivity index is 2.30. The average Bonchev–Trinajstić information content (AvgIpc) is 3.33. The minimum absolute atomic E-state index is 0.467. The van der Waals surface area contributed by atoms with Gasteiger partial charge in [-0.2, -0.15) is 0 Å². The van der Waals surface area contributed by atoms with Crippen LogP contribution in [0, 0.1) is 0 Å². The van der Waals surface area contributed by atoms with Crippen molar-refractivity contribution < 1.29 is 57.4 Å². The fraction of sp³-hybridized carbons (Fsp3) is 0.639. The topological polar surface area (TPSA) is 198 Å². The molecule has 1 aliphatic rings. The SMILES string of the molecule is C/C=C(/C)CC/C=C(/C)CC/C=C(/C)CC/C=C(/C)CC/C=C(/C)CC/C=C(/C)CC/C=C(/C)CC/C=C(/C)CC/C=C(\C)CC/C=C(\C)CC/C=C(\C)COP(=O)([O-])OP(=O)([O-])O[C@H]1O[C@H](CO)[C@H](O)[C@H](O)[C@H]1O. The molecule has 0 aliphatic carbocycles. The van der Waals surface area contributed by atoms with E-state index >= 15 is 0 Å². The fourth-order valence-electron chi connectivity index (χ4n) is 8.21. The Morgan fingerprint density at radius 2 is 0.693 bits per heavy atom. The van der Waals surface area contributed by atoms with Crippen LogP contribution in [-0.4, -0.2) is 64.3 Å². The van der Waals surface area contributed by atoms with Gasteiger partial charge in [0.25, 0.3) is 15.6 Å². The quantitative estimate of drug-likeness (QED) is 0.0338. The van der Waals surface area contributed by atoms with Crippen molar-refractivity contribution >= 4 is 15.6 Å². The zero-order chi connectivity index (χ0) is 56.4. The molecule has 1 rings (SSSR count). The second kappa shape index (κ2) is 39.5. The minimum Gasteiger partial charge on any atom is -0.756 e. The monoisotopic (exact) mass is 1090 g/mol. The number of ether oxygens (including phenoxy) is 1. The third-order valence-electron chi connectivity index (χ3n) is 13.5. The molecular formula is C61H100O12P2-2. The Kier molecular flexibility index (Phi) is 37.0. The number of rotatable bonds is 38. The zero-order valence-corrected chi connectivity index (χ0v) is 50.0. The third-order valence-corrected chi connectivity index (χ3v) is 16.1. The molecule has 4 N–H and O–H groups in total. The van der Waals surface area contributed by atoms with Gasteiger partial charge in [0.15, 0.2) is 6.29 Å². The van der Waals surface area contributed by atoms with Crippen LogP contribution in [0.1, 0.15) is 212 Å². The van der Waals surface area contributed by atoms with E-state index in [9.17, 15) is 39.3 Å². The van der Waals surface area contributed by atoms with E-state index in [4.69, 9.17) is 9.26 Å². The van der Waals surface area contributed by atoms with Gasteiger partial charge in [0.05, 0.1) is 13.2 Å². The van der Waals surface area contributed by atoms with Gasteiger partial charge in [0.2, 0.25) is 0 Å². The first-order chi connectivity index (χ1) is 35.4. The van der Waals surface area contributed by atoms with Crippen LogP contribution in [0.5, 0.6) is 0 Å². The Morgan fingerprint density at radius 3 is 0.960 bits per heavy atom. The van der Waals surface area contributed by atoms with Crippen molar-refractivity contribution in [2.45, 2.75) is 242 Å². The van der Waals surface area contributed by atoms with E-state index in [-0.39, 0.29) is 0 Å². The number of phosphoric acid groups is 2. The van der Waals surface area contributed by atoms with Gasteiger partial charge in [-0.25, -0.2) is 4.31 Å². The lowest BCUT2D eigenvalue weighted by molar-refractivity contribution is -0.304. The number of hydrogen-bond acceptors (Lipinski definition) is 12. The van der Waals surface area contributed by atoms with E-state index in [0.29, 0.717) is 12.0 Å². The lowest BCUT2D eigenvalue weighted by Crippen LogP contribution is -2.59. The Morgan fingerprint density at radius 1 is 0.427 bits per heavy atom. The predicted molar refractivity (Wildman–Crippen MR) is 306 cm³/mol. The molecule has 2 unspecified atom stereocenters. The molecule has 0 aromatic carbocycles. The molecule has 0 bridgehead atoms. The maximum atomic E-state index is 12.2. The van der Waals surface area contributed by atoms with Gasteiger partial charge in [-0.05, 0) is 212 Å². The largest absolute Gasteiger partial charge is 0.756 e. The summed E-state index contributed by atoms with van der Waals surface area (Å²) in [6.45, 7) is 24.7. The van der Waals surface area contributed by atoms with Crippen molar-refractivity contribution in [1.29, 1.82) is 0 Å². The van der Waals surface area contributed by atoms with Crippen LogP contribution in [0.4, 0.5) is 0 Å². The number of hydrogen-bond donors (Lipinski definition) is 4. The smallest absolute Gasteiger partial charge is 0.276 e. The molecular weight excluding hydrogens is 987 g/mol. The maximum Gasteiger partial charge on any atom is 0.276 e. The zero-order valence-electron chi connectivity index (χ0n) is 48.2. The number of aliphatic hydroxyl groups excluding tert-OH is 4. The first kappa shape index (κ1) is 70.2. The highest BCUT2D eigenvalue weighted by Gasteiger charge is 2.45. The van der Waals surface area contributed by atoms with Gasteiger partial charge in [-0.15, -0.1) is 0 Å². The standard InChI is InChI=1S/C61H102O12P2/c1-13-46(2)24-14-25-47(3)26-15-27-48(4)28-16-29-49(5)30-17-31-50(6)32-18-33-51(7)34-19-35-52(8)36-20-37-53(9)38-21-39-54(10)40-22-41-55(11)42-23-43-56(12)45-70-74(66,67)73-75(68,69)72-61-60(65)59(64)58(63)57(44-62)71-61/h13,25,27,29,31,33,35,37,39,41,43,57-65H,14-24,26,28,30,32,34,36,38,40,42,44-45H2,1-12H3,(H,66,67)(H,68,69)/p-2/b46-13-,47-25-,48-27-,49-29-,50-31-,51-33-,52-35-,53-37-,54-39+,55-41+,56-43+/t57-,58+,59+,60-,61-/m1/s1. The molecule has 14 heteroatoms. The van der Waals surface area contributed by atoms with Crippen molar-refractivity contribution in [3.8, 4) is 0 Å². The van der Waals surface area contributed by atoms with Crippen LogP contribution < -0.4 is 9.79 Å². The lowest BCUT2D eigenvalue weighted by atomic mass is 10.00. The second-order valence-corrected chi connectivity index (χ2v) is 24.0. The van der Waals surface area contributed by atoms with Crippen molar-refractivity contribution in [2.24, 2.45) is 0 Å². The van der Waals surface area contributed by atoms with E-state index < -0.39 is 59.6 Å². The summed E-state index contributed by atoms with van der Waals surface area (Å²) in [5, 5.41) is 38.9. The highest BCUT2D eigenvalue weighted by Crippen LogP contribution is 2.56. The molecule has 0 saturated carbocycles. The highest BCUT2D eigenvalue weighted by molar-refractivity contribution is 7.59. The molecule has 1 heterocycles. The van der Waals surface area contributed by atoms with Gasteiger partial charge in [0, 0.05) is 0 Å². The van der Waals surface area contributed by atoms with E-state index in [1.165, 1.54) is 62.2 Å². The third kappa shape index (κ3) is 35.4. The van der Waals surface area contributed by atoms with Gasteiger partial charge in [0.1, 0.15) is 24.4 Å². The molecule has 0 aromatic heterocycles. The normalized spacial score (nSPS) is 22.5. The van der Waals surface area contributed by atoms with Crippen molar-refractivity contribution in [2.75, 3.05) is 13.2 Å². The van der Waals surface area contributed by atoms with Gasteiger partial charge in [-0.1, -0.05) is 128 Å². The van der Waals surface area contributed by atoms with Gasteiger partial charge in [-0.3, -0.25) is 13.7 Å². The van der Waals surface area contributed by atoms with Crippen molar-refractivity contribution in [3.63, 3.8) is 0 Å². The summed E-state index contributed by atoms with van der Waals surface area (Å²) < 4.78 is 42.6. The van der Waals surface area contributed by atoms with Gasteiger partial charge < -0.3 is 39.5 Å². The number of aliphatic hydroxyl groups is 4. The van der Waals surface area contributed by atoms with Gasteiger partial charge >= 0.3 is 0 Å². The summed E-state index contributed by atoms with van der Waals surface area (Å²) in [6, 6.07) is 0. The molecule has 75 heavy (non-hydrogen) atoms. The van der Waals surface area contributed by atoms with Crippen LogP contribution in [0.25, 0.3) is 0 Å². The molecule has 428 valence electrons. The van der Waals surface area contributed by atoms with Crippen LogP contribution in [0.3, 0.4) is 0 Å². The van der Waals surface area contributed by atoms with Crippen molar-refractivity contribution in [1.82, 2.24) is 0 Å². The van der Waals surface area contributed by atoms with E-state index in [0.717, 1.165) is 116 Å². The highest BCUT2D eigenvalue weighted by atomic mass is 31.3. The van der Waals surface area contributed by atoms with Crippen LogP contribution in [0.2, 0.25) is 0 Å². The fourth-order valence-corrected chi connectivity index (χ4v) is 10.3. The summed E-state index contributed by atoms with van der Waals surface area (Å²) in [6.07, 6.45) is 37.1. The molecule has 0 amide bonds. The molecule has 0 radical (unpaired) electrons. The van der Waals surface area contributed by atoms with Crippen LogP contribution in [0.15, 0.2) is 128 Å². The molecule has 12 nitrogen and oxygen atoms in total. The molecule has 7 atom stereocenters. The Bertz CT molecular complexity index is 2130. The molecule has 1 fully saturated rings. The summed E-state index contributed by atoms with van der Waals surface area (Å²) in [4.78, 5) is 24.5. The molecule has 0 spiro atoms. The maximum absolute atomic E-state index is 12.2. The number of allylic oxidation sites excluding steroid dienone is 21. The summed E-state index contributed by atoms with van der Waals surface area (Å²) >= 11 is 0. The van der Waals surface area contributed by atoms with Crippen molar-refractivity contribution in [3.05, 3.63) is 128 Å². The van der Waals surface area contributed by atoms with Crippen LogP contribution in [-0.2, 0) is 27.2 Å². The molecule has 0 aromatic rings. The minimum atomic E-state index is -5.70. The summed E-state index contributed by atoms with van der Waals surface area (Å²) in [5.74, 6) is 0. The van der Waals surface area contributed by atoms with E-state index in [1.807, 2.05) is 6.92 Å².